The lowest BCUT2D eigenvalue weighted by Crippen LogP contribution is -2.49. The number of nitrogens with one attached hydrogen (secondary N) is 2. The average molecular weight is 507 g/mol. The third kappa shape index (κ3) is 8.27. The summed E-state index contributed by atoms with van der Waals surface area (Å²) >= 11 is 0. The van der Waals surface area contributed by atoms with Crippen LogP contribution in [0.2, 0.25) is 0 Å². The number of nitrogens with zero attached hydrogens (tertiary/aromatic N) is 2. The summed E-state index contributed by atoms with van der Waals surface area (Å²) in [6.07, 6.45) is 1.60. The zero-order chi connectivity index (χ0) is 19.6. The lowest BCUT2D eigenvalue weighted by molar-refractivity contribution is -0.119. The highest BCUT2D eigenvalue weighted by molar-refractivity contribution is 14.0. The van der Waals surface area contributed by atoms with E-state index in [9.17, 15) is 9.18 Å². The number of halogens is 2. The second-order valence-electron chi connectivity index (χ2n) is 6.66. The Labute approximate surface area is 183 Å². The summed E-state index contributed by atoms with van der Waals surface area (Å²) in [5, 5.41) is 6.70. The van der Waals surface area contributed by atoms with Gasteiger partial charge in [0.05, 0.1) is 13.1 Å². The molecule has 0 aliphatic carbocycles. The van der Waals surface area contributed by atoms with Crippen LogP contribution in [0, 0.1) is 5.82 Å². The molecule has 1 atom stereocenters. The maximum Gasteiger partial charge on any atom is 0.231 e. The molecule has 4 N–H and O–H groups in total. The SMILES string of the molecule is CCNC(=NCC(OC)c1ccc(F)cc1)NC1CCN(CC(N)=O)CC1.I. The number of hydrogen-bond donors (Lipinski definition) is 3. The molecule has 0 aromatic heterocycles. The van der Waals surface area contributed by atoms with E-state index >= 15 is 0 Å². The number of guanidine groups is 1. The van der Waals surface area contributed by atoms with Crippen LogP contribution < -0.4 is 16.4 Å². The Kier molecular flexibility index (Phi) is 11.3. The number of carbonyl (C=O) groups excluding carboxylic acids is 1. The van der Waals surface area contributed by atoms with E-state index in [4.69, 9.17) is 10.5 Å². The number of primary amides is 1. The number of methoxy groups -OCH3 is 1. The largest absolute Gasteiger partial charge is 0.375 e. The lowest BCUT2D eigenvalue weighted by Gasteiger charge is -2.32. The third-order valence-corrected chi connectivity index (χ3v) is 4.59. The first kappa shape index (κ1) is 24.6. The van der Waals surface area contributed by atoms with Gasteiger partial charge in [0.1, 0.15) is 11.9 Å². The van der Waals surface area contributed by atoms with E-state index in [1.165, 1.54) is 12.1 Å². The summed E-state index contributed by atoms with van der Waals surface area (Å²) < 4.78 is 18.6. The molecule has 1 aliphatic heterocycles. The van der Waals surface area contributed by atoms with Crippen molar-refractivity contribution in [3.8, 4) is 0 Å². The van der Waals surface area contributed by atoms with E-state index < -0.39 is 0 Å². The number of likely N-dealkylation sites (tertiary alicyclic amines) is 1. The molecule has 1 aromatic rings. The van der Waals surface area contributed by atoms with Crippen molar-refractivity contribution in [2.45, 2.75) is 31.9 Å². The van der Waals surface area contributed by atoms with Crippen LogP contribution >= 0.6 is 24.0 Å². The van der Waals surface area contributed by atoms with Crippen LogP contribution in [-0.2, 0) is 9.53 Å². The number of piperidine rings is 1. The molecule has 1 unspecified atom stereocenters. The zero-order valence-corrected chi connectivity index (χ0v) is 18.8. The van der Waals surface area contributed by atoms with E-state index in [-0.39, 0.29) is 41.8 Å². The van der Waals surface area contributed by atoms with Gasteiger partial charge in [-0.2, -0.15) is 0 Å². The van der Waals surface area contributed by atoms with E-state index in [1.54, 1.807) is 19.2 Å². The number of amides is 1. The standard InChI is InChI=1S/C19H30FN5O2.HI/c1-3-22-19(24-16-8-10-25(11-9-16)13-18(21)26)23-12-17(27-2)14-4-6-15(20)7-5-14;/h4-7,16-17H,3,8-13H2,1-2H3,(H2,21,26)(H2,22,23,24);1H. The summed E-state index contributed by atoms with van der Waals surface area (Å²) in [5.74, 6) is 0.174. The summed E-state index contributed by atoms with van der Waals surface area (Å²) in [6, 6.07) is 6.57. The van der Waals surface area contributed by atoms with Crippen molar-refractivity contribution in [1.29, 1.82) is 0 Å². The lowest BCUT2D eigenvalue weighted by atomic mass is 10.1. The number of aliphatic imine (C=N–C) groups is 1. The minimum absolute atomic E-state index is 0. The molecule has 0 bridgehead atoms. The smallest absolute Gasteiger partial charge is 0.231 e. The molecular formula is C19H31FIN5O2. The Morgan fingerprint density at radius 3 is 2.54 bits per heavy atom. The molecular weight excluding hydrogens is 476 g/mol. The van der Waals surface area contributed by atoms with E-state index in [1.807, 2.05) is 6.92 Å². The van der Waals surface area contributed by atoms with Crippen molar-refractivity contribution in [2.24, 2.45) is 10.7 Å². The van der Waals surface area contributed by atoms with E-state index in [0.29, 0.717) is 19.1 Å². The van der Waals surface area contributed by atoms with Crippen molar-refractivity contribution in [3.05, 3.63) is 35.6 Å². The number of nitrogens with two attached hydrogens (primary N) is 1. The van der Waals surface area contributed by atoms with Gasteiger partial charge in [-0.25, -0.2) is 4.39 Å². The average Bonchev–Trinajstić information content (AvgIpc) is 2.65. The van der Waals surface area contributed by atoms with Gasteiger partial charge in [-0.3, -0.25) is 14.7 Å². The first-order valence-corrected chi connectivity index (χ1v) is 9.35. The molecule has 0 spiro atoms. The van der Waals surface area contributed by atoms with Crippen molar-refractivity contribution < 1.29 is 13.9 Å². The highest BCUT2D eigenvalue weighted by Crippen LogP contribution is 2.17. The van der Waals surface area contributed by atoms with Gasteiger partial charge in [0, 0.05) is 32.8 Å². The number of rotatable bonds is 8. The molecule has 1 aliphatic rings. The monoisotopic (exact) mass is 507 g/mol. The van der Waals surface area contributed by atoms with Gasteiger partial charge in [-0.15, -0.1) is 24.0 Å². The Morgan fingerprint density at radius 1 is 1.36 bits per heavy atom. The van der Waals surface area contributed by atoms with Crippen molar-refractivity contribution >= 4 is 35.8 Å². The van der Waals surface area contributed by atoms with Crippen LogP contribution in [0.4, 0.5) is 4.39 Å². The molecule has 28 heavy (non-hydrogen) atoms. The molecule has 158 valence electrons. The van der Waals surface area contributed by atoms with Crippen LogP contribution in [0.1, 0.15) is 31.4 Å². The fourth-order valence-electron chi connectivity index (χ4n) is 3.14. The number of benzene rings is 1. The summed E-state index contributed by atoms with van der Waals surface area (Å²) in [6.45, 7) is 5.17. The first-order valence-electron chi connectivity index (χ1n) is 9.35. The Hall–Kier alpha value is -1.46. The molecule has 7 nitrogen and oxygen atoms in total. The Morgan fingerprint density at radius 2 is 2.00 bits per heavy atom. The second kappa shape index (κ2) is 12.9. The number of hydrogen-bond acceptors (Lipinski definition) is 4. The third-order valence-electron chi connectivity index (χ3n) is 4.59. The van der Waals surface area contributed by atoms with E-state index in [0.717, 1.165) is 44.0 Å². The maximum atomic E-state index is 13.1. The molecule has 0 radical (unpaired) electrons. The van der Waals surface area contributed by atoms with Gasteiger partial charge in [-0.1, -0.05) is 12.1 Å². The molecule has 1 heterocycles. The van der Waals surface area contributed by atoms with Crippen molar-refractivity contribution in [2.75, 3.05) is 39.8 Å². The summed E-state index contributed by atoms with van der Waals surface area (Å²) in [7, 11) is 1.62. The molecule has 1 saturated heterocycles. The minimum Gasteiger partial charge on any atom is -0.375 e. The van der Waals surface area contributed by atoms with Gasteiger partial charge in [0.15, 0.2) is 5.96 Å². The molecule has 1 fully saturated rings. The molecule has 9 heteroatoms. The van der Waals surface area contributed by atoms with Crippen LogP contribution in [-0.4, -0.2) is 62.6 Å². The highest BCUT2D eigenvalue weighted by atomic mass is 127. The molecule has 0 saturated carbocycles. The van der Waals surface area contributed by atoms with Gasteiger partial charge in [0.25, 0.3) is 0 Å². The fourth-order valence-corrected chi connectivity index (χ4v) is 3.14. The fraction of sp³-hybridized carbons (Fsp3) is 0.579. The predicted molar refractivity (Wildman–Crippen MR) is 119 cm³/mol. The molecule has 1 amide bonds. The van der Waals surface area contributed by atoms with Crippen LogP contribution in [0.5, 0.6) is 0 Å². The summed E-state index contributed by atoms with van der Waals surface area (Å²) in [4.78, 5) is 17.7. The van der Waals surface area contributed by atoms with Gasteiger partial charge in [0.2, 0.25) is 5.91 Å². The minimum atomic E-state index is -0.289. The highest BCUT2D eigenvalue weighted by Gasteiger charge is 2.21. The van der Waals surface area contributed by atoms with Crippen molar-refractivity contribution in [1.82, 2.24) is 15.5 Å². The Bertz CT molecular complexity index is 621. The van der Waals surface area contributed by atoms with Crippen LogP contribution in [0.25, 0.3) is 0 Å². The van der Waals surface area contributed by atoms with Gasteiger partial charge < -0.3 is 21.1 Å². The Balaban J connectivity index is 0.00000392. The van der Waals surface area contributed by atoms with Crippen LogP contribution in [0.15, 0.2) is 29.3 Å². The number of ether oxygens (including phenoxy) is 1. The molecule has 1 aromatic carbocycles. The molecule has 2 rings (SSSR count). The van der Waals surface area contributed by atoms with E-state index in [2.05, 4.69) is 20.5 Å². The zero-order valence-electron chi connectivity index (χ0n) is 16.5. The topological polar surface area (TPSA) is 92.0 Å². The van der Waals surface area contributed by atoms with Crippen LogP contribution in [0.3, 0.4) is 0 Å². The first-order chi connectivity index (χ1) is 13.0. The van der Waals surface area contributed by atoms with Gasteiger partial charge in [-0.05, 0) is 37.5 Å². The van der Waals surface area contributed by atoms with Gasteiger partial charge >= 0.3 is 0 Å². The number of carbonyl (C=O) groups is 1. The maximum absolute atomic E-state index is 13.1. The second-order valence-corrected chi connectivity index (χ2v) is 6.66. The van der Waals surface area contributed by atoms with Crippen molar-refractivity contribution in [3.63, 3.8) is 0 Å². The normalized spacial score (nSPS) is 16.9. The summed E-state index contributed by atoms with van der Waals surface area (Å²) in [5.41, 5.74) is 6.14. The quantitative estimate of drug-likeness (QED) is 0.283. The predicted octanol–water partition coefficient (Wildman–Crippen LogP) is 1.64.